The molecule has 0 saturated carbocycles. The van der Waals surface area contributed by atoms with E-state index in [4.69, 9.17) is 9.47 Å². The first kappa shape index (κ1) is 21.5. The summed E-state index contributed by atoms with van der Waals surface area (Å²) in [5, 5.41) is 2.73. The average Bonchev–Trinajstić information content (AvgIpc) is 3.09. The number of benzene rings is 1. The zero-order valence-electron chi connectivity index (χ0n) is 16.9. The van der Waals surface area contributed by atoms with Gasteiger partial charge in [-0.25, -0.2) is 13.8 Å². The number of fused-ring (bicyclic) bond motifs is 1. The minimum absolute atomic E-state index is 0.177. The summed E-state index contributed by atoms with van der Waals surface area (Å²) in [7, 11) is 1.42. The third-order valence-electron chi connectivity index (χ3n) is 4.96. The van der Waals surface area contributed by atoms with Crippen LogP contribution in [0, 0.1) is 0 Å². The largest absolute Gasteiger partial charge is 0.493 e. The molecule has 30 heavy (non-hydrogen) atoms. The number of pyridine rings is 1. The molecule has 3 rings (SSSR count). The molecular weight excluding hydrogens is 396 g/mol. The van der Waals surface area contributed by atoms with Crippen molar-refractivity contribution < 1.29 is 27.8 Å². The number of rotatable bonds is 8. The van der Waals surface area contributed by atoms with Crippen molar-refractivity contribution in [3.63, 3.8) is 0 Å². The molecule has 9 heteroatoms. The van der Waals surface area contributed by atoms with Crippen LogP contribution in [0.3, 0.4) is 0 Å². The topological polar surface area (TPSA) is 80.8 Å². The summed E-state index contributed by atoms with van der Waals surface area (Å²) in [5.41, 5.74) is 1.91. The van der Waals surface area contributed by atoms with Crippen LogP contribution in [-0.4, -0.2) is 41.8 Å². The van der Waals surface area contributed by atoms with Gasteiger partial charge in [-0.1, -0.05) is 13.0 Å². The molecule has 1 aromatic heterocycles. The Morgan fingerprint density at radius 1 is 1.30 bits per heavy atom. The highest BCUT2D eigenvalue weighted by Gasteiger charge is 2.34. The van der Waals surface area contributed by atoms with Crippen LogP contribution >= 0.6 is 0 Å². The standard InChI is InChI=1S/C21H23F2N3O4/c1-4-19(27)25-20-15-10-26(21(28)14(15)7-8-24-20)12(2)13-5-6-16(17(9-13)29-3)30-11-18(22)23/h5-9,12,18H,4,10-11H2,1-3H3,(H,24,25,27). The van der Waals surface area contributed by atoms with Crippen LogP contribution < -0.4 is 14.8 Å². The molecule has 0 aliphatic carbocycles. The summed E-state index contributed by atoms with van der Waals surface area (Å²) in [5.74, 6) is 0.541. The fourth-order valence-electron chi connectivity index (χ4n) is 3.29. The lowest BCUT2D eigenvalue weighted by atomic mass is 10.1. The number of nitrogens with zero attached hydrogens (tertiary/aromatic N) is 2. The number of hydrogen-bond acceptors (Lipinski definition) is 5. The lowest BCUT2D eigenvalue weighted by Crippen LogP contribution is -2.27. The van der Waals surface area contributed by atoms with Crippen molar-refractivity contribution in [2.75, 3.05) is 19.0 Å². The predicted molar refractivity (Wildman–Crippen MR) is 106 cm³/mol. The average molecular weight is 419 g/mol. The molecule has 2 heterocycles. The summed E-state index contributed by atoms with van der Waals surface area (Å²) in [6, 6.07) is 6.23. The van der Waals surface area contributed by atoms with Gasteiger partial charge in [0.25, 0.3) is 12.3 Å². The van der Waals surface area contributed by atoms with Crippen molar-refractivity contribution in [2.45, 2.75) is 39.3 Å². The van der Waals surface area contributed by atoms with E-state index < -0.39 is 13.0 Å². The Kier molecular flexibility index (Phi) is 6.49. The highest BCUT2D eigenvalue weighted by atomic mass is 19.3. The second kappa shape index (κ2) is 9.06. The summed E-state index contributed by atoms with van der Waals surface area (Å²) < 4.78 is 35.2. The molecule has 1 unspecified atom stereocenters. The van der Waals surface area contributed by atoms with E-state index in [1.165, 1.54) is 13.3 Å². The maximum Gasteiger partial charge on any atom is 0.272 e. The third kappa shape index (κ3) is 4.34. The molecule has 1 atom stereocenters. The highest BCUT2D eigenvalue weighted by molar-refractivity contribution is 6.01. The second-order valence-corrected chi connectivity index (χ2v) is 6.81. The van der Waals surface area contributed by atoms with Crippen LogP contribution in [0.4, 0.5) is 14.6 Å². The Hall–Kier alpha value is -3.23. The molecular formula is C21H23F2N3O4. The zero-order valence-corrected chi connectivity index (χ0v) is 16.9. The number of hydrogen-bond donors (Lipinski definition) is 1. The lowest BCUT2D eigenvalue weighted by molar-refractivity contribution is -0.115. The number of ether oxygens (including phenoxy) is 2. The zero-order chi connectivity index (χ0) is 21.8. The van der Waals surface area contributed by atoms with Crippen molar-refractivity contribution in [1.29, 1.82) is 0 Å². The van der Waals surface area contributed by atoms with Gasteiger partial charge in [0.1, 0.15) is 12.4 Å². The predicted octanol–water partition coefficient (Wildman–Crippen LogP) is 3.80. The second-order valence-electron chi connectivity index (χ2n) is 6.81. The Morgan fingerprint density at radius 2 is 2.07 bits per heavy atom. The number of carbonyl (C=O) groups excluding carboxylic acids is 2. The van der Waals surface area contributed by atoms with Gasteiger partial charge in [0.15, 0.2) is 11.5 Å². The Bertz CT molecular complexity index is 952. The van der Waals surface area contributed by atoms with Crippen LogP contribution in [0.15, 0.2) is 30.5 Å². The van der Waals surface area contributed by atoms with Crippen LogP contribution in [-0.2, 0) is 11.3 Å². The Balaban J connectivity index is 1.83. The highest BCUT2D eigenvalue weighted by Crippen LogP contribution is 2.37. The van der Waals surface area contributed by atoms with E-state index in [0.29, 0.717) is 29.1 Å². The summed E-state index contributed by atoms with van der Waals surface area (Å²) >= 11 is 0. The van der Waals surface area contributed by atoms with Crippen molar-refractivity contribution in [3.05, 3.63) is 47.2 Å². The normalized spacial score (nSPS) is 13.9. The number of carbonyl (C=O) groups is 2. The molecule has 0 bridgehead atoms. The molecule has 2 amide bonds. The van der Waals surface area contributed by atoms with Gasteiger partial charge < -0.3 is 19.7 Å². The van der Waals surface area contributed by atoms with E-state index in [1.807, 2.05) is 6.92 Å². The molecule has 1 N–H and O–H groups in total. The van der Waals surface area contributed by atoms with Gasteiger partial charge in [-0.05, 0) is 30.7 Å². The third-order valence-corrected chi connectivity index (χ3v) is 4.96. The quantitative estimate of drug-likeness (QED) is 0.704. The number of amides is 2. The maximum absolute atomic E-state index is 13.0. The maximum atomic E-state index is 13.0. The first-order valence-corrected chi connectivity index (χ1v) is 9.53. The van der Waals surface area contributed by atoms with Gasteiger partial charge in [-0.2, -0.15) is 0 Å². The van der Waals surface area contributed by atoms with Gasteiger partial charge in [-0.3, -0.25) is 9.59 Å². The first-order valence-electron chi connectivity index (χ1n) is 9.53. The molecule has 2 aromatic rings. The molecule has 1 aliphatic rings. The van der Waals surface area contributed by atoms with E-state index in [0.717, 1.165) is 5.56 Å². The summed E-state index contributed by atoms with van der Waals surface area (Å²) in [4.78, 5) is 30.6. The van der Waals surface area contributed by atoms with Crippen LogP contribution in [0.1, 0.15) is 47.8 Å². The lowest BCUT2D eigenvalue weighted by Gasteiger charge is -2.25. The number of nitrogens with one attached hydrogen (secondary N) is 1. The van der Waals surface area contributed by atoms with Gasteiger partial charge >= 0.3 is 0 Å². The molecule has 0 fully saturated rings. The van der Waals surface area contributed by atoms with Crippen molar-refractivity contribution in [3.8, 4) is 11.5 Å². The molecule has 0 radical (unpaired) electrons. The van der Waals surface area contributed by atoms with Gasteiger partial charge in [0, 0.05) is 23.7 Å². The molecule has 1 aliphatic heterocycles. The first-order chi connectivity index (χ1) is 14.3. The van der Waals surface area contributed by atoms with E-state index in [1.54, 1.807) is 36.1 Å². The minimum Gasteiger partial charge on any atom is -0.493 e. The van der Waals surface area contributed by atoms with Crippen LogP contribution in [0.5, 0.6) is 11.5 Å². The Morgan fingerprint density at radius 3 is 2.73 bits per heavy atom. The molecule has 0 saturated heterocycles. The molecule has 7 nitrogen and oxygen atoms in total. The number of methoxy groups -OCH3 is 1. The molecule has 160 valence electrons. The van der Waals surface area contributed by atoms with Crippen molar-refractivity contribution in [2.24, 2.45) is 0 Å². The monoisotopic (exact) mass is 419 g/mol. The van der Waals surface area contributed by atoms with Gasteiger partial charge in [-0.15, -0.1) is 0 Å². The van der Waals surface area contributed by atoms with E-state index >= 15 is 0 Å². The van der Waals surface area contributed by atoms with Crippen LogP contribution in [0.25, 0.3) is 0 Å². The van der Waals surface area contributed by atoms with Gasteiger partial charge in [0.2, 0.25) is 5.91 Å². The molecule has 0 spiro atoms. The molecule has 1 aromatic carbocycles. The van der Waals surface area contributed by atoms with E-state index in [2.05, 4.69) is 10.3 Å². The number of halogens is 2. The number of aromatic nitrogens is 1. The SMILES string of the molecule is CCC(=O)Nc1nccc2c1CN(C(C)c1ccc(OCC(F)F)c(OC)c1)C2=O. The number of alkyl halides is 2. The van der Waals surface area contributed by atoms with Crippen molar-refractivity contribution in [1.82, 2.24) is 9.88 Å². The van der Waals surface area contributed by atoms with Gasteiger partial charge in [0.05, 0.1) is 19.7 Å². The van der Waals surface area contributed by atoms with Crippen molar-refractivity contribution >= 4 is 17.6 Å². The van der Waals surface area contributed by atoms with E-state index in [9.17, 15) is 18.4 Å². The summed E-state index contributed by atoms with van der Waals surface area (Å²) in [6.45, 7) is 3.15. The minimum atomic E-state index is -2.59. The van der Waals surface area contributed by atoms with Crippen LogP contribution in [0.2, 0.25) is 0 Å². The summed E-state index contributed by atoms with van der Waals surface area (Å²) in [6.07, 6.45) is -0.793. The Labute approximate surface area is 173 Å². The van der Waals surface area contributed by atoms with E-state index in [-0.39, 0.29) is 30.2 Å². The smallest absolute Gasteiger partial charge is 0.272 e. The fourth-order valence-corrected chi connectivity index (χ4v) is 3.29. The number of anilines is 1. The fraction of sp³-hybridized carbons (Fsp3) is 0.381.